The Hall–Kier alpha value is -1.79. The number of likely N-dealkylation sites (N-methyl/N-ethyl adjacent to an activating group) is 1. The maximum atomic E-state index is 5.91. The zero-order valence-corrected chi connectivity index (χ0v) is 18.0. The third-order valence-electron chi connectivity index (χ3n) is 4.58. The second kappa shape index (κ2) is 13.4. The molecule has 1 aromatic rings. The minimum Gasteiger partial charge on any atom is -0.491 e. The van der Waals surface area contributed by atoms with E-state index in [0.717, 1.165) is 36.9 Å². The molecule has 0 aromatic heterocycles. The second-order valence-corrected chi connectivity index (χ2v) is 6.53. The quantitative estimate of drug-likeness (QED) is 0.333. The molecule has 0 amide bonds. The highest BCUT2D eigenvalue weighted by molar-refractivity contribution is 5.79. The van der Waals surface area contributed by atoms with E-state index in [4.69, 9.17) is 9.47 Å². The summed E-state index contributed by atoms with van der Waals surface area (Å²) in [7, 11) is 1.80. The lowest BCUT2D eigenvalue weighted by Crippen LogP contribution is -2.45. The van der Waals surface area contributed by atoms with Crippen molar-refractivity contribution in [2.24, 2.45) is 4.99 Å². The molecule has 0 heterocycles. The molecule has 0 aliphatic rings. The van der Waals surface area contributed by atoms with E-state index in [2.05, 4.69) is 66.4 Å². The number of aliphatic imine (C=N–C) groups is 1. The highest BCUT2D eigenvalue weighted by Crippen LogP contribution is 2.20. The van der Waals surface area contributed by atoms with E-state index < -0.39 is 0 Å². The first kappa shape index (κ1) is 23.2. The molecule has 0 radical (unpaired) electrons. The van der Waals surface area contributed by atoms with Crippen molar-refractivity contribution in [1.82, 2.24) is 15.5 Å². The predicted molar refractivity (Wildman–Crippen MR) is 114 cm³/mol. The van der Waals surface area contributed by atoms with Crippen molar-refractivity contribution < 1.29 is 9.47 Å². The summed E-state index contributed by atoms with van der Waals surface area (Å²) < 4.78 is 11.3. The van der Waals surface area contributed by atoms with E-state index >= 15 is 0 Å². The fourth-order valence-corrected chi connectivity index (χ4v) is 2.92. The van der Waals surface area contributed by atoms with Gasteiger partial charge in [0.1, 0.15) is 12.4 Å². The molecule has 6 nitrogen and oxygen atoms in total. The van der Waals surface area contributed by atoms with Crippen molar-refractivity contribution >= 4 is 5.96 Å². The van der Waals surface area contributed by atoms with Crippen molar-refractivity contribution in [3.05, 3.63) is 29.3 Å². The zero-order chi connectivity index (χ0) is 20.1. The minimum absolute atomic E-state index is 0.454. The van der Waals surface area contributed by atoms with Gasteiger partial charge in [0.2, 0.25) is 0 Å². The lowest BCUT2D eigenvalue weighted by atomic mass is 10.1. The topological polar surface area (TPSA) is 58.1 Å². The first-order chi connectivity index (χ1) is 13.0. The highest BCUT2D eigenvalue weighted by Gasteiger charge is 2.11. The lowest BCUT2D eigenvalue weighted by Gasteiger charge is -2.27. The molecular formula is C21H38N4O2. The second-order valence-electron chi connectivity index (χ2n) is 6.53. The number of benzene rings is 1. The molecule has 0 bridgehead atoms. The summed E-state index contributed by atoms with van der Waals surface area (Å²) in [6, 6.07) is 6.73. The van der Waals surface area contributed by atoms with Crippen LogP contribution < -0.4 is 15.4 Å². The van der Waals surface area contributed by atoms with Crippen LogP contribution in [0.4, 0.5) is 0 Å². The summed E-state index contributed by atoms with van der Waals surface area (Å²) in [4.78, 5) is 6.76. The number of rotatable bonds is 12. The van der Waals surface area contributed by atoms with Crippen molar-refractivity contribution in [2.75, 3.05) is 46.5 Å². The molecule has 1 unspecified atom stereocenters. The van der Waals surface area contributed by atoms with Gasteiger partial charge >= 0.3 is 0 Å². The Balaban J connectivity index is 2.59. The molecule has 0 aliphatic carbocycles. The van der Waals surface area contributed by atoms with Gasteiger partial charge in [0, 0.05) is 38.3 Å². The van der Waals surface area contributed by atoms with Crippen LogP contribution in [0.1, 0.15) is 38.8 Å². The van der Waals surface area contributed by atoms with Crippen LogP contribution in [0.3, 0.4) is 0 Å². The fraction of sp³-hybridized carbons (Fsp3) is 0.667. The van der Waals surface area contributed by atoms with Crippen LogP contribution in [0.25, 0.3) is 0 Å². The predicted octanol–water partition coefficient (Wildman–Crippen LogP) is 2.81. The summed E-state index contributed by atoms with van der Waals surface area (Å²) in [6.45, 7) is 16.2. The van der Waals surface area contributed by atoms with Crippen LogP contribution in [0.2, 0.25) is 0 Å². The van der Waals surface area contributed by atoms with Gasteiger partial charge in [-0.1, -0.05) is 26.0 Å². The fourth-order valence-electron chi connectivity index (χ4n) is 2.92. The Bertz CT molecular complexity index is 559. The molecule has 0 fully saturated rings. The van der Waals surface area contributed by atoms with Gasteiger partial charge in [0.15, 0.2) is 5.96 Å². The highest BCUT2D eigenvalue weighted by atomic mass is 16.5. The smallest absolute Gasteiger partial charge is 0.191 e. The molecule has 2 N–H and O–H groups in total. The number of nitrogens with zero attached hydrogens (tertiary/aromatic N) is 2. The van der Waals surface area contributed by atoms with Gasteiger partial charge in [0.05, 0.1) is 6.61 Å². The lowest BCUT2D eigenvalue weighted by molar-refractivity contribution is 0.110. The van der Waals surface area contributed by atoms with Gasteiger partial charge in [-0.3, -0.25) is 9.89 Å². The summed E-state index contributed by atoms with van der Waals surface area (Å²) >= 11 is 0. The van der Waals surface area contributed by atoms with Crippen molar-refractivity contribution in [3.8, 4) is 5.75 Å². The van der Waals surface area contributed by atoms with Crippen molar-refractivity contribution in [3.63, 3.8) is 0 Å². The Labute approximate surface area is 165 Å². The molecule has 0 spiro atoms. The Morgan fingerprint density at radius 1 is 1.15 bits per heavy atom. The first-order valence-corrected chi connectivity index (χ1v) is 10.0. The summed E-state index contributed by atoms with van der Waals surface area (Å²) in [5.74, 6) is 1.70. The number of hydrogen-bond donors (Lipinski definition) is 2. The van der Waals surface area contributed by atoms with Crippen LogP contribution in [-0.4, -0.2) is 63.4 Å². The molecule has 0 saturated heterocycles. The van der Waals surface area contributed by atoms with E-state index in [-0.39, 0.29) is 0 Å². The maximum Gasteiger partial charge on any atom is 0.191 e. The van der Waals surface area contributed by atoms with Crippen LogP contribution >= 0.6 is 0 Å². The van der Waals surface area contributed by atoms with E-state index in [1.165, 1.54) is 5.56 Å². The molecule has 1 atom stereocenters. The third-order valence-corrected chi connectivity index (χ3v) is 4.58. The average molecular weight is 379 g/mol. The van der Waals surface area contributed by atoms with Gasteiger partial charge in [0.25, 0.3) is 0 Å². The van der Waals surface area contributed by atoms with Gasteiger partial charge < -0.3 is 20.1 Å². The maximum absolute atomic E-state index is 5.91. The molecular weight excluding hydrogens is 340 g/mol. The van der Waals surface area contributed by atoms with Crippen molar-refractivity contribution in [1.29, 1.82) is 0 Å². The van der Waals surface area contributed by atoms with Gasteiger partial charge in [-0.15, -0.1) is 0 Å². The standard InChI is InChI=1S/C21H38N4O2/c1-7-25(8-2)18(5)15-23-21(22-6)24-16-19-11-10-17(4)14-20(19)27-13-12-26-9-3/h10-11,14,18H,7-9,12-13,15-16H2,1-6H3,(H2,22,23,24). The largest absolute Gasteiger partial charge is 0.491 e. The SMILES string of the molecule is CCOCCOc1cc(C)ccc1CNC(=NC)NCC(C)N(CC)CC. The van der Waals surface area contributed by atoms with E-state index in [0.29, 0.717) is 32.4 Å². The zero-order valence-electron chi connectivity index (χ0n) is 18.0. The van der Waals surface area contributed by atoms with E-state index in [9.17, 15) is 0 Å². The van der Waals surface area contributed by atoms with Gasteiger partial charge in [-0.2, -0.15) is 0 Å². The number of guanidine groups is 1. The van der Waals surface area contributed by atoms with Crippen LogP contribution in [0.15, 0.2) is 23.2 Å². The Morgan fingerprint density at radius 3 is 2.52 bits per heavy atom. The normalized spacial score (nSPS) is 12.9. The Morgan fingerprint density at radius 2 is 1.89 bits per heavy atom. The van der Waals surface area contributed by atoms with E-state index in [1.807, 2.05) is 6.92 Å². The molecule has 1 aromatic carbocycles. The number of aryl methyl sites for hydroxylation is 1. The molecule has 154 valence electrons. The molecule has 1 rings (SSSR count). The van der Waals surface area contributed by atoms with Gasteiger partial charge in [-0.05, 0) is 45.5 Å². The molecule has 0 saturated carbocycles. The van der Waals surface area contributed by atoms with Crippen LogP contribution in [0.5, 0.6) is 5.75 Å². The van der Waals surface area contributed by atoms with Crippen LogP contribution in [-0.2, 0) is 11.3 Å². The molecule has 0 aliphatic heterocycles. The van der Waals surface area contributed by atoms with E-state index in [1.54, 1.807) is 7.05 Å². The number of nitrogens with one attached hydrogen (secondary N) is 2. The minimum atomic E-state index is 0.454. The number of ether oxygens (including phenoxy) is 2. The van der Waals surface area contributed by atoms with Crippen LogP contribution in [0, 0.1) is 6.92 Å². The first-order valence-electron chi connectivity index (χ1n) is 10.0. The Kier molecular flexibility index (Phi) is 11.5. The molecule has 27 heavy (non-hydrogen) atoms. The number of hydrogen-bond acceptors (Lipinski definition) is 4. The summed E-state index contributed by atoms with van der Waals surface area (Å²) in [6.07, 6.45) is 0. The average Bonchev–Trinajstić information content (AvgIpc) is 2.67. The van der Waals surface area contributed by atoms with Gasteiger partial charge in [-0.25, -0.2) is 0 Å². The molecule has 6 heteroatoms. The van der Waals surface area contributed by atoms with Crippen molar-refractivity contribution in [2.45, 2.75) is 47.2 Å². The monoisotopic (exact) mass is 378 g/mol. The summed E-state index contributed by atoms with van der Waals surface area (Å²) in [5.41, 5.74) is 2.29. The third kappa shape index (κ3) is 8.63. The summed E-state index contributed by atoms with van der Waals surface area (Å²) in [5, 5.41) is 6.80.